The van der Waals surface area contributed by atoms with Gasteiger partial charge in [0.15, 0.2) is 9.84 Å². The van der Waals surface area contributed by atoms with Crippen molar-refractivity contribution in [3.63, 3.8) is 0 Å². The molecule has 2 aliphatic heterocycles. The average Bonchev–Trinajstić information content (AvgIpc) is 3.00. The zero-order valence-electron chi connectivity index (χ0n) is 13.9. The van der Waals surface area contributed by atoms with Gasteiger partial charge in [-0.3, -0.25) is 9.80 Å². The van der Waals surface area contributed by atoms with E-state index in [0.717, 1.165) is 5.56 Å². The Morgan fingerprint density at radius 1 is 0.885 bits per heavy atom. The number of carbonyl (C=O) groups excluding carboxylic acids is 1. The summed E-state index contributed by atoms with van der Waals surface area (Å²) in [6, 6.07) is 11.3. The molecule has 8 heteroatoms. The van der Waals surface area contributed by atoms with Crippen molar-refractivity contribution in [1.29, 1.82) is 0 Å². The zero-order valence-corrected chi connectivity index (χ0v) is 16.2. The number of hydrogen-bond donors (Lipinski definition) is 0. The Bertz CT molecular complexity index is 992. The lowest BCUT2D eigenvalue weighted by Gasteiger charge is -2.23. The van der Waals surface area contributed by atoms with E-state index in [0.29, 0.717) is 21.4 Å². The number of amides is 2. The van der Waals surface area contributed by atoms with Gasteiger partial charge < -0.3 is 0 Å². The summed E-state index contributed by atoms with van der Waals surface area (Å²) in [5, 5.41) is 0.705. The van der Waals surface area contributed by atoms with E-state index in [4.69, 9.17) is 23.2 Å². The maximum atomic E-state index is 13.2. The highest BCUT2D eigenvalue weighted by molar-refractivity contribution is 7.91. The molecule has 0 unspecified atom stereocenters. The number of fused-ring (bicyclic) bond motifs is 1. The molecule has 4 rings (SSSR count). The molecule has 2 fully saturated rings. The summed E-state index contributed by atoms with van der Waals surface area (Å²) in [5.74, 6) is -0.110. The van der Waals surface area contributed by atoms with Gasteiger partial charge in [-0.2, -0.15) is 0 Å². The first-order valence-corrected chi connectivity index (χ1v) is 10.7. The van der Waals surface area contributed by atoms with Gasteiger partial charge in [0, 0.05) is 11.4 Å². The van der Waals surface area contributed by atoms with E-state index in [9.17, 15) is 13.2 Å². The number of sulfone groups is 1. The van der Waals surface area contributed by atoms with Crippen LogP contribution >= 0.6 is 23.2 Å². The first-order chi connectivity index (χ1) is 12.3. The third-order valence-electron chi connectivity index (χ3n) is 4.86. The molecule has 2 aromatic carbocycles. The highest BCUT2D eigenvalue weighted by atomic mass is 35.5. The highest BCUT2D eigenvalue weighted by Gasteiger charge is 2.54. The third-order valence-corrected chi connectivity index (χ3v) is 7.30. The topological polar surface area (TPSA) is 57.7 Å². The number of anilines is 2. The quantitative estimate of drug-likeness (QED) is 0.704. The van der Waals surface area contributed by atoms with Crippen LogP contribution in [0, 0.1) is 6.92 Å². The Kier molecular flexibility index (Phi) is 4.17. The highest BCUT2D eigenvalue weighted by Crippen LogP contribution is 2.39. The number of halogens is 2. The van der Waals surface area contributed by atoms with Crippen LogP contribution in [0.1, 0.15) is 5.56 Å². The van der Waals surface area contributed by atoms with Gasteiger partial charge in [0.05, 0.1) is 33.6 Å². The minimum atomic E-state index is -3.23. The molecule has 2 heterocycles. The molecular weight excluding hydrogens is 395 g/mol. The van der Waals surface area contributed by atoms with E-state index in [2.05, 4.69) is 0 Å². The van der Waals surface area contributed by atoms with Crippen LogP contribution in [0.5, 0.6) is 0 Å². The van der Waals surface area contributed by atoms with Gasteiger partial charge in [-0.25, -0.2) is 13.2 Å². The van der Waals surface area contributed by atoms with Gasteiger partial charge in [-0.15, -0.1) is 0 Å². The van der Waals surface area contributed by atoms with Crippen LogP contribution in [0.25, 0.3) is 0 Å². The Labute approximate surface area is 162 Å². The summed E-state index contributed by atoms with van der Waals surface area (Å²) >= 11 is 12.1. The molecule has 0 aromatic heterocycles. The number of benzene rings is 2. The molecule has 0 radical (unpaired) electrons. The second-order valence-corrected chi connectivity index (χ2v) is 9.64. The molecule has 0 aliphatic carbocycles. The fourth-order valence-corrected chi connectivity index (χ4v) is 5.86. The predicted molar refractivity (Wildman–Crippen MR) is 104 cm³/mol. The van der Waals surface area contributed by atoms with Gasteiger partial charge >= 0.3 is 6.03 Å². The molecule has 0 N–H and O–H groups in total. The minimum absolute atomic E-state index is 0.0465. The van der Waals surface area contributed by atoms with Crippen molar-refractivity contribution < 1.29 is 13.2 Å². The van der Waals surface area contributed by atoms with Crippen LogP contribution in [-0.2, 0) is 9.84 Å². The number of nitrogens with zero attached hydrogens (tertiary/aromatic N) is 2. The van der Waals surface area contributed by atoms with Gasteiger partial charge in [0.2, 0.25) is 0 Å². The fraction of sp³-hybridized carbons (Fsp3) is 0.278. The number of rotatable bonds is 2. The van der Waals surface area contributed by atoms with E-state index >= 15 is 0 Å². The molecule has 0 saturated carbocycles. The fourth-order valence-electron chi connectivity index (χ4n) is 3.65. The van der Waals surface area contributed by atoms with E-state index in [1.807, 2.05) is 31.2 Å². The molecule has 5 nitrogen and oxygen atoms in total. The SMILES string of the molecule is Cc1ccc(N2C(=O)N(c3ccc(Cl)c(Cl)c3)[C@@H]3CS(=O)(=O)C[C@H]32)cc1. The van der Waals surface area contributed by atoms with E-state index < -0.39 is 21.9 Å². The number of carbonyl (C=O) groups is 1. The van der Waals surface area contributed by atoms with Crippen LogP contribution in [0.15, 0.2) is 42.5 Å². The molecule has 0 spiro atoms. The predicted octanol–water partition coefficient (Wildman–Crippen LogP) is 3.91. The molecule has 136 valence electrons. The second kappa shape index (κ2) is 6.15. The lowest BCUT2D eigenvalue weighted by molar-refractivity contribution is 0.255. The van der Waals surface area contributed by atoms with Crippen LogP contribution < -0.4 is 9.80 Å². The first kappa shape index (κ1) is 17.6. The van der Waals surface area contributed by atoms with Crippen molar-refractivity contribution in [3.8, 4) is 0 Å². The van der Waals surface area contributed by atoms with Crippen molar-refractivity contribution in [2.24, 2.45) is 0 Å². The van der Waals surface area contributed by atoms with Gasteiger partial charge in [0.1, 0.15) is 0 Å². The van der Waals surface area contributed by atoms with E-state index in [1.54, 1.807) is 23.1 Å². The summed E-state index contributed by atoms with van der Waals surface area (Å²) in [6.07, 6.45) is 0. The van der Waals surface area contributed by atoms with Gasteiger partial charge in [0.25, 0.3) is 0 Å². The largest absolute Gasteiger partial charge is 0.329 e. The molecule has 2 aromatic rings. The van der Waals surface area contributed by atoms with Crippen LogP contribution in [0.2, 0.25) is 10.0 Å². The molecule has 2 saturated heterocycles. The summed E-state index contributed by atoms with van der Waals surface area (Å²) in [5.41, 5.74) is 2.30. The molecular formula is C18H16Cl2N2O3S. The Morgan fingerprint density at radius 2 is 1.42 bits per heavy atom. The van der Waals surface area contributed by atoms with Crippen LogP contribution in [0.3, 0.4) is 0 Å². The molecule has 2 atom stereocenters. The van der Waals surface area contributed by atoms with Crippen molar-refractivity contribution in [2.45, 2.75) is 19.0 Å². The van der Waals surface area contributed by atoms with Crippen molar-refractivity contribution in [1.82, 2.24) is 0 Å². The summed E-state index contributed by atoms with van der Waals surface area (Å²) in [4.78, 5) is 16.3. The molecule has 0 bridgehead atoms. The van der Waals surface area contributed by atoms with Crippen molar-refractivity contribution >= 4 is 50.4 Å². The van der Waals surface area contributed by atoms with E-state index in [-0.39, 0.29) is 17.5 Å². The maximum absolute atomic E-state index is 13.2. The number of hydrogen-bond acceptors (Lipinski definition) is 3. The van der Waals surface area contributed by atoms with Gasteiger partial charge in [-0.05, 0) is 37.3 Å². The molecule has 2 aliphatic rings. The first-order valence-electron chi connectivity index (χ1n) is 8.11. The summed E-state index contributed by atoms with van der Waals surface area (Å²) < 4.78 is 24.5. The maximum Gasteiger partial charge on any atom is 0.329 e. The van der Waals surface area contributed by atoms with E-state index in [1.165, 1.54) is 4.90 Å². The zero-order chi connectivity index (χ0) is 18.6. The second-order valence-electron chi connectivity index (χ2n) is 6.67. The van der Waals surface area contributed by atoms with Crippen LogP contribution in [0.4, 0.5) is 16.2 Å². The van der Waals surface area contributed by atoms with Crippen molar-refractivity contribution in [3.05, 3.63) is 58.1 Å². The summed E-state index contributed by atoms with van der Waals surface area (Å²) in [6.45, 7) is 1.96. The number of urea groups is 1. The third kappa shape index (κ3) is 2.86. The molecule has 2 amide bonds. The average molecular weight is 411 g/mol. The van der Waals surface area contributed by atoms with Crippen LogP contribution in [-0.4, -0.2) is 38.0 Å². The number of aryl methyl sites for hydroxylation is 1. The lowest BCUT2D eigenvalue weighted by Crippen LogP contribution is -2.37. The lowest BCUT2D eigenvalue weighted by atomic mass is 10.1. The monoisotopic (exact) mass is 410 g/mol. The smallest absolute Gasteiger partial charge is 0.288 e. The Balaban J connectivity index is 1.81. The Hall–Kier alpha value is -1.76. The van der Waals surface area contributed by atoms with Gasteiger partial charge in [-0.1, -0.05) is 40.9 Å². The van der Waals surface area contributed by atoms with Crippen molar-refractivity contribution in [2.75, 3.05) is 21.3 Å². The summed E-state index contributed by atoms with van der Waals surface area (Å²) in [7, 11) is -3.23. The molecule has 26 heavy (non-hydrogen) atoms. The standard InChI is InChI=1S/C18H16Cl2N2O3S/c1-11-2-4-12(5-3-11)21-16-9-26(24,25)10-17(16)22(18(21)23)13-6-7-14(19)15(20)8-13/h2-8,16-17H,9-10H2,1H3/t16-,17-/m1/s1. The minimum Gasteiger partial charge on any atom is -0.288 e. The normalized spacial score (nSPS) is 24.2. The Morgan fingerprint density at radius 3 is 2.00 bits per heavy atom.